The highest BCUT2D eigenvalue weighted by atomic mass is 16.5. The van der Waals surface area contributed by atoms with Crippen LogP contribution in [0.1, 0.15) is 40.5 Å². The van der Waals surface area contributed by atoms with Crippen LogP contribution in [0.4, 0.5) is 0 Å². The summed E-state index contributed by atoms with van der Waals surface area (Å²) in [6, 6.07) is 4.44. The van der Waals surface area contributed by atoms with Gasteiger partial charge in [-0.2, -0.15) is 0 Å². The Hall–Kier alpha value is -3.28. The number of rotatable bonds is 7. The van der Waals surface area contributed by atoms with E-state index in [9.17, 15) is 20.1 Å². The Bertz CT molecular complexity index is 871. The molecule has 136 valence electrons. The molecule has 6 nitrogen and oxygen atoms in total. The van der Waals surface area contributed by atoms with E-state index < -0.39 is 5.97 Å². The normalized spacial score (nSPS) is 10.8. The number of aromatic nitrogens is 1. The Labute approximate surface area is 151 Å². The first-order valence-electron chi connectivity index (χ1n) is 7.97. The monoisotopic (exact) mass is 355 g/mol. The maximum atomic E-state index is 11.7. The van der Waals surface area contributed by atoms with Crippen molar-refractivity contribution in [3.63, 3.8) is 0 Å². The smallest absolute Gasteiger partial charge is 0.340 e. The van der Waals surface area contributed by atoms with Gasteiger partial charge in [0, 0.05) is 17.8 Å². The van der Waals surface area contributed by atoms with E-state index in [4.69, 9.17) is 4.74 Å². The van der Waals surface area contributed by atoms with Crippen molar-refractivity contribution in [2.24, 2.45) is 0 Å². The second-order valence-electron chi connectivity index (χ2n) is 5.90. The molecule has 2 rings (SSSR count). The van der Waals surface area contributed by atoms with E-state index in [0.717, 1.165) is 5.57 Å². The van der Waals surface area contributed by atoms with Gasteiger partial charge in [-0.25, -0.2) is 4.79 Å². The predicted molar refractivity (Wildman–Crippen MR) is 99.6 cm³/mol. The summed E-state index contributed by atoms with van der Waals surface area (Å²) in [5, 5.41) is 29.6. The number of aromatic hydroxyl groups is 2. The third-order valence-corrected chi connectivity index (χ3v) is 3.83. The van der Waals surface area contributed by atoms with E-state index in [1.165, 1.54) is 31.5 Å². The minimum absolute atomic E-state index is 0.0497. The van der Waals surface area contributed by atoms with Crippen LogP contribution in [-0.2, 0) is 6.42 Å². The van der Waals surface area contributed by atoms with Crippen molar-refractivity contribution in [1.82, 2.24) is 4.98 Å². The Balaban J connectivity index is 2.53. The highest BCUT2D eigenvalue weighted by molar-refractivity contribution is 5.97. The summed E-state index contributed by atoms with van der Waals surface area (Å²) in [4.78, 5) is 15.8. The molecule has 0 bridgehead atoms. The van der Waals surface area contributed by atoms with Crippen molar-refractivity contribution < 1.29 is 24.9 Å². The molecule has 0 fully saturated rings. The van der Waals surface area contributed by atoms with Gasteiger partial charge in [-0.15, -0.1) is 6.58 Å². The topological polar surface area (TPSA) is 99.9 Å². The van der Waals surface area contributed by atoms with Gasteiger partial charge in [-0.05, 0) is 43.5 Å². The van der Waals surface area contributed by atoms with Crippen LogP contribution in [0.25, 0.3) is 12.2 Å². The minimum Gasteiger partial charge on any atom is -0.508 e. The van der Waals surface area contributed by atoms with E-state index >= 15 is 0 Å². The molecule has 2 aromatic rings. The molecule has 0 unspecified atom stereocenters. The zero-order valence-electron chi connectivity index (χ0n) is 14.7. The van der Waals surface area contributed by atoms with Gasteiger partial charge in [0.05, 0.1) is 12.8 Å². The number of carboxylic acid groups (broad SMARTS) is 1. The number of ether oxygens (including phenoxy) is 1. The number of phenols is 1. The zero-order valence-corrected chi connectivity index (χ0v) is 14.7. The molecule has 0 radical (unpaired) electrons. The lowest BCUT2D eigenvalue weighted by molar-refractivity contribution is 0.0693. The van der Waals surface area contributed by atoms with Crippen molar-refractivity contribution in [3.8, 4) is 17.2 Å². The summed E-state index contributed by atoms with van der Waals surface area (Å²) in [6.07, 6.45) is 5.52. The first-order chi connectivity index (χ1) is 12.3. The Morgan fingerprint density at radius 3 is 2.62 bits per heavy atom. The van der Waals surface area contributed by atoms with Crippen LogP contribution in [-0.4, -0.2) is 33.4 Å². The van der Waals surface area contributed by atoms with E-state index in [-0.39, 0.29) is 22.6 Å². The largest absolute Gasteiger partial charge is 0.508 e. The Morgan fingerprint density at radius 2 is 2.04 bits per heavy atom. The number of hydrogen-bond donors (Lipinski definition) is 3. The van der Waals surface area contributed by atoms with Gasteiger partial charge in [0.15, 0.2) is 0 Å². The number of allylic oxidation sites excluding steroid dienone is 1. The molecule has 0 aliphatic carbocycles. The first-order valence-corrected chi connectivity index (χ1v) is 7.97. The van der Waals surface area contributed by atoms with E-state index in [1.54, 1.807) is 12.1 Å². The number of aromatic carboxylic acids is 1. The number of carboxylic acids is 1. The summed E-state index contributed by atoms with van der Waals surface area (Å²) >= 11 is 0. The highest BCUT2D eigenvalue weighted by Gasteiger charge is 2.21. The van der Waals surface area contributed by atoms with Gasteiger partial charge in [0.1, 0.15) is 22.8 Å². The Kier molecular flexibility index (Phi) is 6.01. The molecule has 26 heavy (non-hydrogen) atoms. The summed E-state index contributed by atoms with van der Waals surface area (Å²) in [5.41, 5.74) is 1.86. The molecular formula is C20H21NO5. The summed E-state index contributed by atoms with van der Waals surface area (Å²) in [6.45, 7) is 5.69. The number of hydrogen-bond acceptors (Lipinski definition) is 5. The lowest BCUT2D eigenvalue weighted by atomic mass is 9.96. The van der Waals surface area contributed by atoms with Crippen LogP contribution in [0, 0.1) is 0 Å². The average molecular weight is 355 g/mol. The van der Waals surface area contributed by atoms with Gasteiger partial charge in [-0.3, -0.25) is 4.98 Å². The van der Waals surface area contributed by atoms with Crippen LogP contribution < -0.4 is 4.74 Å². The van der Waals surface area contributed by atoms with Gasteiger partial charge < -0.3 is 20.1 Å². The molecule has 1 aromatic carbocycles. The van der Waals surface area contributed by atoms with Crippen LogP contribution in [0.15, 0.2) is 36.5 Å². The minimum atomic E-state index is -1.25. The second kappa shape index (κ2) is 8.20. The average Bonchev–Trinajstić information content (AvgIpc) is 2.57. The fraction of sp³-hybridized carbons (Fsp3) is 0.200. The summed E-state index contributed by atoms with van der Waals surface area (Å²) < 4.78 is 5.33. The molecule has 0 aliphatic heterocycles. The highest BCUT2D eigenvalue weighted by Crippen LogP contribution is 2.36. The quantitative estimate of drug-likeness (QED) is 0.652. The third kappa shape index (κ3) is 4.42. The Morgan fingerprint density at radius 1 is 1.31 bits per heavy atom. The zero-order chi connectivity index (χ0) is 19.3. The van der Waals surface area contributed by atoms with Crippen molar-refractivity contribution in [2.75, 3.05) is 7.11 Å². The predicted octanol–water partition coefficient (Wildman–Crippen LogP) is 3.88. The molecule has 0 aliphatic rings. The molecular weight excluding hydrogens is 334 g/mol. The van der Waals surface area contributed by atoms with Crippen LogP contribution in [0.5, 0.6) is 17.2 Å². The number of methoxy groups -OCH3 is 1. The second-order valence-corrected chi connectivity index (χ2v) is 5.90. The summed E-state index contributed by atoms with van der Waals surface area (Å²) in [5.74, 6) is -1.11. The molecule has 3 N–H and O–H groups in total. The molecule has 0 amide bonds. The molecule has 0 saturated heterocycles. The molecule has 1 aromatic heterocycles. The van der Waals surface area contributed by atoms with Gasteiger partial charge in [-0.1, -0.05) is 11.6 Å². The number of carbonyl (C=O) groups is 1. The van der Waals surface area contributed by atoms with Crippen LogP contribution in [0.3, 0.4) is 0 Å². The van der Waals surface area contributed by atoms with Crippen molar-refractivity contribution in [2.45, 2.75) is 19.8 Å². The van der Waals surface area contributed by atoms with E-state index in [1.807, 2.05) is 6.92 Å². The first kappa shape index (κ1) is 19.1. The fourth-order valence-corrected chi connectivity index (χ4v) is 2.53. The maximum absolute atomic E-state index is 11.7. The molecule has 0 saturated carbocycles. The van der Waals surface area contributed by atoms with Gasteiger partial charge in [0.25, 0.3) is 0 Å². The van der Waals surface area contributed by atoms with E-state index in [0.29, 0.717) is 29.8 Å². The molecule has 1 heterocycles. The van der Waals surface area contributed by atoms with Crippen LogP contribution in [0.2, 0.25) is 0 Å². The third-order valence-electron chi connectivity index (χ3n) is 3.83. The molecule has 0 spiro atoms. The van der Waals surface area contributed by atoms with Crippen LogP contribution >= 0.6 is 0 Å². The summed E-state index contributed by atoms with van der Waals surface area (Å²) in [7, 11) is 1.46. The van der Waals surface area contributed by atoms with Crippen molar-refractivity contribution >= 4 is 18.1 Å². The standard InChI is InChI=1S/C20H21NO5/c1-12(2)4-7-16-17(26-3)10-13(18(19(16)23)20(24)25)5-6-14-11-15(22)8-9-21-14/h5-6,8-11,23H,1,4,7H2,2-3H3,(H,21,22)(H,24,25). The number of nitrogens with zero attached hydrogens (tertiary/aromatic N) is 1. The van der Waals surface area contributed by atoms with Crippen molar-refractivity contribution in [3.05, 3.63) is 58.9 Å². The molecule has 0 atom stereocenters. The van der Waals surface area contributed by atoms with E-state index in [2.05, 4.69) is 11.6 Å². The van der Waals surface area contributed by atoms with Gasteiger partial charge in [0.2, 0.25) is 0 Å². The lowest BCUT2D eigenvalue weighted by Gasteiger charge is -2.15. The van der Waals surface area contributed by atoms with Crippen molar-refractivity contribution in [1.29, 1.82) is 0 Å². The number of pyridine rings is 1. The number of benzene rings is 1. The van der Waals surface area contributed by atoms with Gasteiger partial charge >= 0.3 is 5.97 Å². The fourth-order valence-electron chi connectivity index (χ4n) is 2.53. The molecule has 6 heteroatoms. The maximum Gasteiger partial charge on any atom is 0.340 e. The SMILES string of the molecule is C=C(C)CCc1c(OC)cc(C=Cc2cc(O)ccn2)c(C(=O)O)c1O. The lowest BCUT2D eigenvalue weighted by Crippen LogP contribution is -2.05.